The summed E-state index contributed by atoms with van der Waals surface area (Å²) in [7, 11) is 0. The molecular weight excluding hydrogens is 333 g/mol. The number of benzene rings is 2. The van der Waals surface area contributed by atoms with Crippen molar-refractivity contribution in [2.75, 3.05) is 23.5 Å². The maximum absolute atomic E-state index is 12.0. The Morgan fingerprint density at radius 3 is 2.12 bits per heavy atom. The summed E-state index contributed by atoms with van der Waals surface area (Å²) >= 11 is 0. The van der Waals surface area contributed by atoms with E-state index in [4.69, 9.17) is 0 Å². The minimum absolute atomic E-state index is 0.252. The first kappa shape index (κ1) is 17.4. The number of phenols is 1. The number of rotatable bonds is 4. The molecule has 1 heterocycles. The van der Waals surface area contributed by atoms with E-state index < -0.39 is 6.36 Å². The normalized spacial score (nSPS) is 16.0. The highest BCUT2D eigenvalue weighted by atomic mass is 19.4. The topological polar surface area (TPSA) is 44.7 Å². The lowest BCUT2D eigenvalue weighted by Crippen LogP contribution is -2.32. The Hall–Kier alpha value is -2.41. The summed E-state index contributed by atoms with van der Waals surface area (Å²) in [6.45, 7) is 1.79. The van der Waals surface area contributed by atoms with Crippen LogP contribution >= 0.6 is 0 Å². The molecule has 1 aliphatic rings. The summed E-state index contributed by atoms with van der Waals surface area (Å²) in [6.07, 6.45) is -2.78. The molecule has 0 aromatic heterocycles. The molecule has 0 aliphatic carbocycles. The van der Waals surface area contributed by atoms with Gasteiger partial charge in [0, 0.05) is 18.8 Å². The van der Waals surface area contributed by atoms with Crippen LogP contribution < -0.4 is 10.4 Å². The molecule has 0 bridgehead atoms. The summed E-state index contributed by atoms with van der Waals surface area (Å²) in [5.41, 5.74) is 4.36. The zero-order chi connectivity index (χ0) is 17.9. The van der Waals surface area contributed by atoms with E-state index >= 15 is 0 Å². The number of halogens is 3. The molecule has 1 saturated heterocycles. The van der Waals surface area contributed by atoms with E-state index in [1.165, 1.54) is 0 Å². The van der Waals surface area contributed by atoms with Crippen LogP contribution in [0.5, 0.6) is 5.75 Å². The Balaban J connectivity index is 1.55. The van der Waals surface area contributed by atoms with Crippen LogP contribution in [0.4, 0.5) is 24.5 Å². The molecule has 0 radical (unpaired) electrons. The van der Waals surface area contributed by atoms with Crippen LogP contribution in [0, 0.1) is 0 Å². The second kappa shape index (κ2) is 7.23. The van der Waals surface area contributed by atoms with Crippen molar-refractivity contribution in [1.29, 1.82) is 0 Å². The molecule has 25 heavy (non-hydrogen) atoms. The largest absolute Gasteiger partial charge is 0.543 e. The second-order valence-corrected chi connectivity index (χ2v) is 6.05. The van der Waals surface area contributed by atoms with E-state index in [1.807, 2.05) is 29.7 Å². The van der Waals surface area contributed by atoms with Crippen LogP contribution in [0.25, 0.3) is 0 Å². The van der Waals surface area contributed by atoms with Gasteiger partial charge in [0.2, 0.25) is 0 Å². The van der Waals surface area contributed by atoms with Gasteiger partial charge in [0.1, 0.15) is 5.75 Å². The molecule has 2 N–H and O–H groups in total. The molecule has 0 unspecified atom stereocenters. The summed E-state index contributed by atoms with van der Waals surface area (Å²) in [6, 6.07) is 14.0. The first-order valence-electron chi connectivity index (χ1n) is 8.05. The highest BCUT2D eigenvalue weighted by Gasteiger charge is 2.30. The zero-order valence-electron chi connectivity index (χ0n) is 13.5. The van der Waals surface area contributed by atoms with E-state index in [1.54, 1.807) is 24.3 Å². The fourth-order valence-electron chi connectivity index (χ4n) is 3.07. The lowest BCUT2D eigenvalue weighted by molar-refractivity contribution is -0.311. The number of piperidine rings is 1. The molecular formula is C18H19F3N2O2. The zero-order valence-corrected chi connectivity index (χ0v) is 13.5. The maximum atomic E-state index is 12.0. The Bertz CT molecular complexity index is 679. The van der Waals surface area contributed by atoms with Gasteiger partial charge >= 0.3 is 6.36 Å². The first-order chi connectivity index (χ1) is 11.9. The predicted molar refractivity (Wildman–Crippen MR) is 89.5 cm³/mol. The molecule has 2 aromatic rings. The van der Waals surface area contributed by atoms with Crippen LogP contribution in [0.3, 0.4) is 0 Å². The van der Waals surface area contributed by atoms with Crippen LogP contribution in [0.2, 0.25) is 0 Å². The van der Waals surface area contributed by atoms with Crippen molar-refractivity contribution < 1.29 is 23.1 Å². The minimum Gasteiger partial charge on any atom is -0.508 e. The number of hydrogen-bond donors (Lipinski definition) is 2. The van der Waals surface area contributed by atoms with Gasteiger partial charge in [-0.1, -0.05) is 12.1 Å². The number of anilines is 2. The van der Waals surface area contributed by atoms with Crippen LogP contribution in [-0.4, -0.2) is 24.6 Å². The van der Waals surface area contributed by atoms with Crippen molar-refractivity contribution in [3.63, 3.8) is 0 Å². The lowest BCUT2D eigenvalue weighted by atomic mass is 9.89. The van der Waals surface area contributed by atoms with Crippen molar-refractivity contribution in [2.24, 2.45) is 0 Å². The SMILES string of the molecule is Oc1ccc(N2CCC(c3ccc(NOC(F)(F)F)cc3)CC2)cc1. The molecule has 7 heteroatoms. The van der Waals surface area contributed by atoms with Gasteiger partial charge in [0.05, 0.1) is 5.69 Å². The second-order valence-electron chi connectivity index (χ2n) is 6.05. The minimum atomic E-state index is -4.71. The molecule has 0 spiro atoms. The summed E-state index contributed by atoms with van der Waals surface area (Å²) in [5, 5.41) is 9.36. The highest BCUT2D eigenvalue weighted by molar-refractivity contribution is 5.49. The van der Waals surface area contributed by atoms with Crippen molar-refractivity contribution in [3.05, 3.63) is 54.1 Å². The standard InChI is InChI=1S/C18H19F3N2O2/c19-18(20,21)25-22-15-3-1-13(2-4-15)14-9-11-23(12-10-14)16-5-7-17(24)8-6-16/h1-8,14,22,24H,9-12H2. The number of nitrogens with zero attached hydrogens (tertiary/aromatic N) is 1. The Labute approximate surface area is 143 Å². The third-order valence-electron chi connectivity index (χ3n) is 4.38. The Morgan fingerprint density at radius 1 is 0.960 bits per heavy atom. The third kappa shape index (κ3) is 4.79. The van der Waals surface area contributed by atoms with Crippen LogP contribution in [0.15, 0.2) is 48.5 Å². The molecule has 0 atom stereocenters. The van der Waals surface area contributed by atoms with Crippen molar-refractivity contribution in [1.82, 2.24) is 0 Å². The van der Waals surface area contributed by atoms with E-state index in [-0.39, 0.29) is 11.4 Å². The van der Waals surface area contributed by atoms with Gasteiger partial charge in [-0.05, 0) is 60.7 Å². The number of phenolic OH excluding ortho intramolecular Hbond substituents is 1. The van der Waals surface area contributed by atoms with Gasteiger partial charge in [-0.25, -0.2) is 0 Å². The number of alkyl halides is 3. The predicted octanol–water partition coefficient (Wildman–Crippen LogP) is 4.64. The Kier molecular flexibility index (Phi) is 5.03. The van der Waals surface area contributed by atoms with Crippen molar-refractivity contribution >= 4 is 11.4 Å². The monoisotopic (exact) mass is 352 g/mol. The maximum Gasteiger partial charge on any atom is 0.543 e. The fraction of sp³-hybridized carbons (Fsp3) is 0.333. The summed E-state index contributed by atoms with van der Waals surface area (Å²) in [5.74, 6) is 0.632. The van der Waals surface area contributed by atoms with Gasteiger partial charge in [-0.3, -0.25) is 5.48 Å². The molecule has 0 amide bonds. The number of hydrogen-bond acceptors (Lipinski definition) is 4. The van der Waals surface area contributed by atoms with Crippen molar-refractivity contribution in [2.45, 2.75) is 25.1 Å². The molecule has 0 saturated carbocycles. The molecule has 3 rings (SSSR count). The third-order valence-corrected chi connectivity index (χ3v) is 4.38. The average molecular weight is 352 g/mol. The first-order valence-corrected chi connectivity index (χ1v) is 8.05. The van der Waals surface area contributed by atoms with Crippen LogP contribution in [-0.2, 0) is 4.84 Å². The van der Waals surface area contributed by atoms with E-state index in [2.05, 4.69) is 9.74 Å². The van der Waals surface area contributed by atoms with Gasteiger partial charge < -0.3 is 10.0 Å². The van der Waals surface area contributed by atoms with Crippen LogP contribution in [0.1, 0.15) is 24.3 Å². The molecule has 134 valence electrons. The fourth-order valence-corrected chi connectivity index (χ4v) is 3.07. The highest BCUT2D eigenvalue weighted by Crippen LogP contribution is 2.31. The summed E-state index contributed by atoms with van der Waals surface area (Å²) in [4.78, 5) is 5.86. The van der Waals surface area contributed by atoms with E-state index in [0.717, 1.165) is 37.2 Å². The van der Waals surface area contributed by atoms with Gasteiger partial charge in [0.25, 0.3) is 0 Å². The van der Waals surface area contributed by atoms with Gasteiger partial charge in [-0.2, -0.15) is 4.84 Å². The molecule has 2 aromatic carbocycles. The number of nitrogens with one attached hydrogen (secondary N) is 1. The average Bonchev–Trinajstić information content (AvgIpc) is 2.61. The van der Waals surface area contributed by atoms with E-state index in [9.17, 15) is 18.3 Å². The quantitative estimate of drug-likeness (QED) is 0.787. The number of aromatic hydroxyl groups is 1. The van der Waals surface area contributed by atoms with Crippen molar-refractivity contribution in [3.8, 4) is 5.75 Å². The lowest BCUT2D eigenvalue weighted by Gasteiger charge is -2.34. The van der Waals surface area contributed by atoms with Gasteiger partial charge in [0.15, 0.2) is 0 Å². The summed E-state index contributed by atoms with van der Waals surface area (Å²) < 4.78 is 36.0. The molecule has 1 fully saturated rings. The smallest absolute Gasteiger partial charge is 0.508 e. The van der Waals surface area contributed by atoms with Gasteiger partial charge in [-0.15, -0.1) is 13.2 Å². The molecule has 4 nitrogen and oxygen atoms in total. The Morgan fingerprint density at radius 2 is 1.56 bits per heavy atom. The van der Waals surface area contributed by atoms with E-state index in [0.29, 0.717) is 5.92 Å². The molecule has 1 aliphatic heterocycles.